The molecule has 3 aliphatic rings. The zero-order valence-electron chi connectivity index (χ0n) is 31.9. The molecule has 2 aromatic carbocycles. The molecular weight excluding hydrogens is 666 g/mol. The molecule has 5 rings (SSSR count). The number of benzene rings is 2. The molecule has 0 aliphatic heterocycles. The highest BCUT2D eigenvalue weighted by molar-refractivity contribution is 5.85. The molecule has 8 heteroatoms. The molecule has 0 saturated heterocycles. The first kappa shape index (κ1) is 40.2. The van der Waals surface area contributed by atoms with Gasteiger partial charge in [0.2, 0.25) is 0 Å². The lowest BCUT2D eigenvalue weighted by atomic mass is 9.68. The smallest absolute Gasteiger partial charge is 0.330 e. The third-order valence-electron chi connectivity index (χ3n) is 12.1. The summed E-state index contributed by atoms with van der Waals surface area (Å²) in [7, 11) is 0. The minimum atomic E-state index is -0.390. The summed E-state index contributed by atoms with van der Waals surface area (Å²) in [5.74, 6) is 3.36. The van der Waals surface area contributed by atoms with E-state index >= 15 is 0 Å². The normalized spacial score (nSPS) is 24.4. The second-order valence-electron chi connectivity index (χ2n) is 15.6. The lowest BCUT2D eigenvalue weighted by Crippen LogP contribution is -2.30. The molecule has 3 fully saturated rings. The van der Waals surface area contributed by atoms with Crippen molar-refractivity contribution in [3.63, 3.8) is 0 Å². The van der Waals surface area contributed by atoms with E-state index in [9.17, 15) is 14.4 Å². The van der Waals surface area contributed by atoms with Crippen molar-refractivity contribution in [2.45, 2.75) is 128 Å². The Hall–Kier alpha value is -3.94. The second kappa shape index (κ2) is 21.1. The highest BCUT2D eigenvalue weighted by Crippen LogP contribution is 2.45. The van der Waals surface area contributed by atoms with Gasteiger partial charge in [0.1, 0.15) is 17.2 Å². The number of nitrogens with one attached hydrogen (secondary N) is 1. The van der Waals surface area contributed by atoms with E-state index < -0.39 is 0 Å². The number of hydrogen-bond acceptors (Lipinski definition) is 8. The van der Waals surface area contributed by atoms with E-state index in [2.05, 4.69) is 25.6 Å². The zero-order chi connectivity index (χ0) is 37.4. The SMILES string of the molecule is C=CC(=O)OCCCCCCOc1ccc(OC(=O)C2CCC(C(=O)Oc3ccc(C4CCC(C5CCC(CCC)CC5)CC4)cc3C=N)CC2)cc1. The lowest BCUT2D eigenvalue weighted by Gasteiger charge is -2.38. The van der Waals surface area contributed by atoms with Gasteiger partial charge >= 0.3 is 17.9 Å². The van der Waals surface area contributed by atoms with Crippen LogP contribution in [0.25, 0.3) is 0 Å². The summed E-state index contributed by atoms with van der Waals surface area (Å²) >= 11 is 0. The van der Waals surface area contributed by atoms with E-state index in [1.54, 1.807) is 24.3 Å². The summed E-state index contributed by atoms with van der Waals surface area (Å²) in [6.45, 7) is 6.67. The Morgan fingerprint density at radius 2 is 1.30 bits per heavy atom. The number of ether oxygens (including phenoxy) is 4. The van der Waals surface area contributed by atoms with Crippen LogP contribution in [0.1, 0.15) is 140 Å². The maximum absolute atomic E-state index is 13.2. The van der Waals surface area contributed by atoms with E-state index in [0.717, 1.165) is 43.4 Å². The maximum atomic E-state index is 13.2. The highest BCUT2D eigenvalue weighted by atomic mass is 16.5. The molecule has 0 bridgehead atoms. The van der Waals surface area contributed by atoms with Crippen molar-refractivity contribution in [2.75, 3.05) is 13.2 Å². The highest BCUT2D eigenvalue weighted by Gasteiger charge is 2.34. The molecule has 3 saturated carbocycles. The van der Waals surface area contributed by atoms with Crippen molar-refractivity contribution in [3.8, 4) is 17.2 Å². The largest absolute Gasteiger partial charge is 0.494 e. The fourth-order valence-electron chi connectivity index (χ4n) is 8.85. The predicted molar refractivity (Wildman–Crippen MR) is 208 cm³/mol. The van der Waals surface area contributed by atoms with Crippen LogP contribution in [-0.4, -0.2) is 37.3 Å². The Morgan fingerprint density at radius 1 is 0.717 bits per heavy atom. The van der Waals surface area contributed by atoms with Crippen molar-refractivity contribution in [1.29, 1.82) is 5.41 Å². The minimum absolute atomic E-state index is 0.266. The third-order valence-corrected chi connectivity index (χ3v) is 12.1. The molecule has 2 aromatic rings. The van der Waals surface area contributed by atoms with Crippen LogP contribution in [0.15, 0.2) is 55.1 Å². The molecule has 0 amide bonds. The fraction of sp³-hybridized carbons (Fsp3) is 0.600. The van der Waals surface area contributed by atoms with Gasteiger partial charge in [-0.15, -0.1) is 0 Å². The van der Waals surface area contributed by atoms with Crippen molar-refractivity contribution in [1.82, 2.24) is 0 Å². The molecule has 8 nitrogen and oxygen atoms in total. The Kier molecular flexibility index (Phi) is 16.0. The van der Waals surface area contributed by atoms with E-state index in [1.807, 2.05) is 6.07 Å². The first-order valence-corrected chi connectivity index (χ1v) is 20.5. The van der Waals surface area contributed by atoms with E-state index in [-0.39, 0.29) is 29.7 Å². The number of carbonyl (C=O) groups excluding carboxylic acids is 3. The summed E-state index contributed by atoms with van der Waals surface area (Å²) < 4.78 is 22.3. The van der Waals surface area contributed by atoms with Crippen molar-refractivity contribution < 1.29 is 33.3 Å². The van der Waals surface area contributed by atoms with E-state index in [1.165, 1.54) is 82.1 Å². The van der Waals surface area contributed by atoms with Crippen LogP contribution in [-0.2, 0) is 19.1 Å². The van der Waals surface area contributed by atoms with Gasteiger partial charge in [-0.25, -0.2) is 4.79 Å². The Morgan fingerprint density at radius 3 is 1.91 bits per heavy atom. The maximum Gasteiger partial charge on any atom is 0.330 e. The number of esters is 3. The van der Waals surface area contributed by atoms with Crippen molar-refractivity contribution in [2.24, 2.45) is 29.6 Å². The van der Waals surface area contributed by atoms with Crippen molar-refractivity contribution >= 4 is 24.1 Å². The number of unbranched alkanes of at least 4 members (excludes halogenated alkanes) is 3. The Labute approximate surface area is 316 Å². The first-order valence-electron chi connectivity index (χ1n) is 20.5. The average Bonchev–Trinajstić information content (AvgIpc) is 3.20. The van der Waals surface area contributed by atoms with E-state index in [4.69, 9.17) is 24.4 Å². The van der Waals surface area contributed by atoms with Gasteiger partial charge in [-0.05, 0) is 156 Å². The summed E-state index contributed by atoms with van der Waals surface area (Å²) in [4.78, 5) is 37.2. The number of carbonyl (C=O) groups is 3. The average molecular weight is 728 g/mol. The monoisotopic (exact) mass is 727 g/mol. The molecule has 0 unspecified atom stereocenters. The van der Waals surface area contributed by atoms with Crippen LogP contribution in [0, 0.1) is 35.0 Å². The molecular formula is C45H61NO7. The summed E-state index contributed by atoms with van der Waals surface area (Å²) in [6.07, 6.45) is 21.7. The van der Waals surface area contributed by atoms with Gasteiger partial charge in [-0.3, -0.25) is 9.59 Å². The van der Waals surface area contributed by atoms with Crippen LogP contribution >= 0.6 is 0 Å². The molecule has 0 heterocycles. The topological polar surface area (TPSA) is 112 Å². The molecule has 53 heavy (non-hydrogen) atoms. The lowest BCUT2D eigenvalue weighted by molar-refractivity contribution is -0.145. The van der Waals surface area contributed by atoms with Crippen LogP contribution in [0.5, 0.6) is 17.2 Å². The second-order valence-corrected chi connectivity index (χ2v) is 15.6. The van der Waals surface area contributed by atoms with Crippen LogP contribution in [0.4, 0.5) is 0 Å². The van der Waals surface area contributed by atoms with Crippen LogP contribution in [0.2, 0.25) is 0 Å². The Bertz CT molecular complexity index is 1480. The molecule has 1 N–H and O–H groups in total. The summed E-state index contributed by atoms with van der Waals surface area (Å²) in [5.41, 5.74) is 1.91. The van der Waals surface area contributed by atoms with Gasteiger partial charge < -0.3 is 24.4 Å². The summed E-state index contributed by atoms with van der Waals surface area (Å²) in [6, 6.07) is 13.1. The van der Waals surface area contributed by atoms with Crippen molar-refractivity contribution in [3.05, 3.63) is 66.2 Å². The fourth-order valence-corrected chi connectivity index (χ4v) is 8.85. The quantitative estimate of drug-likeness (QED) is 0.0535. The van der Waals surface area contributed by atoms with Gasteiger partial charge in [0.15, 0.2) is 0 Å². The molecule has 0 atom stereocenters. The number of rotatable bonds is 18. The van der Waals surface area contributed by atoms with E-state index in [0.29, 0.717) is 67.6 Å². The third kappa shape index (κ3) is 12.3. The minimum Gasteiger partial charge on any atom is -0.494 e. The number of hydrogen-bond donors (Lipinski definition) is 1. The van der Waals surface area contributed by atoms with Gasteiger partial charge in [0, 0.05) is 17.9 Å². The molecule has 3 aliphatic carbocycles. The molecule has 0 aromatic heterocycles. The van der Waals surface area contributed by atoms with Gasteiger partial charge in [0.05, 0.1) is 25.0 Å². The summed E-state index contributed by atoms with van der Waals surface area (Å²) in [5, 5.41) is 8.06. The first-order chi connectivity index (χ1) is 25.9. The van der Waals surface area contributed by atoms with Gasteiger partial charge in [0.25, 0.3) is 0 Å². The van der Waals surface area contributed by atoms with Gasteiger partial charge in [-0.2, -0.15) is 0 Å². The van der Waals surface area contributed by atoms with Crippen LogP contribution in [0.3, 0.4) is 0 Å². The molecule has 0 spiro atoms. The predicted octanol–water partition coefficient (Wildman–Crippen LogP) is 10.6. The standard InChI is InChI=1S/C45H61NO7/c1-3-9-32-10-12-33(13-11-32)34-14-16-35(17-15-34)38-22-27-42(39(30-38)31-46)53-45(49)37-20-18-36(19-21-37)44(48)52-41-25-23-40(24-26-41)50-28-7-5-6-8-29-51-43(47)4-2/h4,22-27,30-37,46H,2-3,5-21,28-29H2,1H3. The van der Waals surface area contributed by atoms with Gasteiger partial charge in [-0.1, -0.05) is 45.3 Å². The van der Waals surface area contributed by atoms with Crippen LogP contribution < -0.4 is 14.2 Å². The molecule has 0 radical (unpaired) electrons. The zero-order valence-corrected chi connectivity index (χ0v) is 31.9. The molecule has 288 valence electrons. The Balaban J connectivity index is 0.987.